The monoisotopic (exact) mass is 310 g/mol. The van der Waals surface area contributed by atoms with Crippen molar-refractivity contribution in [1.82, 2.24) is 15.2 Å². The summed E-state index contributed by atoms with van der Waals surface area (Å²) in [6, 6.07) is 6.16. The van der Waals surface area contributed by atoms with Gasteiger partial charge in [-0.25, -0.2) is 4.39 Å². The Bertz CT molecular complexity index is 594. The highest BCUT2D eigenvalue weighted by molar-refractivity contribution is 6.31. The molecule has 1 aromatic heterocycles. The van der Waals surface area contributed by atoms with Crippen LogP contribution in [-0.4, -0.2) is 9.78 Å². The summed E-state index contributed by atoms with van der Waals surface area (Å²) in [4.78, 5) is 0. The molecular formula is C15H20ClFN4. The number of nitrogens with two attached hydrogens (primary N) is 1. The average molecular weight is 311 g/mol. The fourth-order valence-electron chi connectivity index (χ4n) is 2.37. The summed E-state index contributed by atoms with van der Waals surface area (Å²) in [6.45, 7) is 4.79. The second-order valence-corrected chi connectivity index (χ2v) is 5.23. The smallest absolute Gasteiger partial charge is 0.123 e. The van der Waals surface area contributed by atoms with Crippen LogP contribution in [0.15, 0.2) is 24.3 Å². The van der Waals surface area contributed by atoms with Crippen molar-refractivity contribution in [3.8, 4) is 0 Å². The van der Waals surface area contributed by atoms with Crippen molar-refractivity contribution in [2.24, 2.45) is 5.84 Å². The summed E-state index contributed by atoms with van der Waals surface area (Å²) in [5.74, 6) is 5.39. The van der Waals surface area contributed by atoms with E-state index in [1.54, 1.807) is 12.1 Å². The van der Waals surface area contributed by atoms with Crippen molar-refractivity contribution >= 4 is 11.6 Å². The van der Waals surface area contributed by atoms with E-state index in [2.05, 4.69) is 10.5 Å². The van der Waals surface area contributed by atoms with Crippen molar-refractivity contribution in [3.05, 3.63) is 52.1 Å². The lowest BCUT2D eigenvalue weighted by Gasteiger charge is -2.17. The van der Waals surface area contributed by atoms with Gasteiger partial charge in [0.15, 0.2) is 0 Å². The zero-order chi connectivity index (χ0) is 15.4. The van der Waals surface area contributed by atoms with Crippen LogP contribution >= 0.6 is 11.6 Å². The molecule has 0 radical (unpaired) electrons. The molecule has 2 aromatic rings. The molecule has 0 fully saturated rings. The van der Waals surface area contributed by atoms with Gasteiger partial charge in [0.2, 0.25) is 0 Å². The lowest BCUT2D eigenvalue weighted by atomic mass is 10.0. The first-order valence-corrected chi connectivity index (χ1v) is 7.44. The minimum atomic E-state index is -0.264. The van der Waals surface area contributed by atoms with Gasteiger partial charge in [-0.1, -0.05) is 30.7 Å². The highest BCUT2D eigenvalue weighted by atomic mass is 35.5. The van der Waals surface area contributed by atoms with E-state index in [9.17, 15) is 4.39 Å². The van der Waals surface area contributed by atoms with Crippen LogP contribution in [0.2, 0.25) is 5.02 Å². The minimum absolute atomic E-state index is 0.144. The Morgan fingerprint density at radius 1 is 1.33 bits per heavy atom. The molecule has 1 unspecified atom stereocenters. The van der Waals surface area contributed by atoms with Crippen LogP contribution in [0.3, 0.4) is 0 Å². The van der Waals surface area contributed by atoms with Crippen LogP contribution in [0.4, 0.5) is 4.39 Å². The lowest BCUT2D eigenvalue weighted by molar-refractivity contribution is 0.515. The molecule has 0 aliphatic rings. The number of aryl methyl sites for hydroxylation is 2. The minimum Gasteiger partial charge on any atom is -0.271 e. The third kappa shape index (κ3) is 3.43. The molecule has 4 nitrogen and oxygen atoms in total. The molecule has 0 saturated heterocycles. The third-order valence-electron chi connectivity index (χ3n) is 3.57. The Kier molecular flexibility index (Phi) is 5.33. The van der Waals surface area contributed by atoms with Gasteiger partial charge >= 0.3 is 0 Å². The summed E-state index contributed by atoms with van der Waals surface area (Å²) >= 11 is 6.41. The number of rotatable bonds is 6. The number of hydrazine groups is 1. The molecular weight excluding hydrogens is 291 g/mol. The molecule has 1 atom stereocenters. The average Bonchev–Trinajstić information content (AvgIpc) is 2.81. The Hall–Kier alpha value is -1.43. The molecule has 2 rings (SSSR count). The summed E-state index contributed by atoms with van der Waals surface area (Å²) in [7, 11) is 0. The molecule has 0 bridgehead atoms. The molecule has 1 heterocycles. The maximum atomic E-state index is 13.0. The number of aromatic nitrogens is 2. The fourth-order valence-corrected chi connectivity index (χ4v) is 2.72. The van der Waals surface area contributed by atoms with Crippen molar-refractivity contribution in [3.63, 3.8) is 0 Å². The van der Waals surface area contributed by atoms with E-state index in [0.717, 1.165) is 29.9 Å². The fraction of sp³-hybridized carbons (Fsp3) is 0.400. The molecule has 1 aromatic carbocycles. The third-order valence-corrected chi connectivity index (χ3v) is 4.00. The van der Waals surface area contributed by atoms with Gasteiger partial charge in [0.1, 0.15) is 5.82 Å². The topological polar surface area (TPSA) is 55.9 Å². The Morgan fingerprint density at radius 3 is 2.52 bits per heavy atom. The van der Waals surface area contributed by atoms with Crippen LogP contribution in [0.5, 0.6) is 0 Å². The van der Waals surface area contributed by atoms with Gasteiger partial charge in [-0.2, -0.15) is 5.10 Å². The van der Waals surface area contributed by atoms with Crippen LogP contribution < -0.4 is 11.3 Å². The molecule has 0 saturated carbocycles. The molecule has 114 valence electrons. The summed E-state index contributed by atoms with van der Waals surface area (Å²) in [5, 5.41) is 5.19. The normalized spacial score (nSPS) is 12.6. The number of nitrogens with one attached hydrogen (secondary N) is 1. The van der Waals surface area contributed by atoms with E-state index in [1.807, 2.05) is 18.5 Å². The van der Waals surface area contributed by atoms with Crippen LogP contribution in [0, 0.1) is 5.82 Å². The second kappa shape index (κ2) is 7.02. The number of halogens is 2. The number of nitrogens with zero attached hydrogens (tertiary/aromatic N) is 2. The van der Waals surface area contributed by atoms with Gasteiger partial charge in [0.25, 0.3) is 0 Å². The number of benzene rings is 1. The van der Waals surface area contributed by atoms with Crippen LogP contribution in [0.25, 0.3) is 0 Å². The van der Waals surface area contributed by atoms with Crippen molar-refractivity contribution < 1.29 is 4.39 Å². The van der Waals surface area contributed by atoms with Gasteiger partial charge in [-0.3, -0.25) is 16.0 Å². The first kappa shape index (κ1) is 15.9. The molecule has 0 aliphatic heterocycles. The van der Waals surface area contributed by atoms with Crippen LogP contribution in [0.1, 0.15) is 36.8 Å². The van der Waals surface area contributed by atoms with Gasteiger partial charge in [0.05, 0.1) is 22.5 Å². The number of hydrogen-bond acceptors (Lipinski definition) is 3. The zero-order valence-corrected chi connectivity index (χ0v) is 13.0. The van der Waals surface area contributed by atoms with E-state index < -0.39 is 0 Å². The van der Waals surface area contributed by atoms with E-state index in [-0.39, 0.29) is 11.9 Å². The van der Waals surface area contributed by atoms with E-state index in [1.165, 1.54) is 12.1 Å². The largest absolute Gasteiger partial charge is 0.271 e. The summed E-state index contributed by atoms with van der Waals surface area (Å²) in [5.41, 5.74) is 5.52. The SMILES string of the molecule is CCc1nn(CC)c(CC(NN)c2ccc(F)cc2)c1Cl. The summed E-state index contributed by atoms with van der Waals surface area (Å²) in [6.07, 6.45) is 1.39. The highest BCUT2D eigenvalue weighted by Gasteiger charge is 2.19. The Morgan fingerprint density at radius 2 is 2.00 bits per heavy atom. The van der Waals surface area contributed by atoms with Gasteiger partial charge in [0, 0.05) is 13.0 Å². The molecule has 0 amide bonds. The maximum absolute atomic E-state index is 13.0. The Balaban J connectivity index is 2.30. The van der Waals surface area contributed by atoms with Crippen molar-refractivity contribution in [2.45, 2.75) is 39.3 Å². The lowest BCUT2D eigenvalue weighted by Crippen LogP contribution is -2.30. The maximum Gasteiger partial charge on any atom is 0.123 e. The quantitative estimate of drug-likeness (QED) is 0.637. The molecule has 3 N–H and O–H groups in total. The predicted octanol–water partition coefficient (Wildman–Crippen LogP) is 3.01. The van der Waals surface area contributed by atoms with Gasteiger partial charge < -0.3 is 0 Å². The van der Waals surface area contributed by atoms with Gasteiger partial charge in [-0.15, -0.1) is 0 Å². The molecule has 0 aliphatic carbocycles. The van der Waals surface area contributed by atoms with Crippen LogP contribution in [-0.2, 0) is 19.4 Å². The highest BCUT2D eigenvalue weighted by Crippen LogP contribution is 2.26. The van der Waals surface area contributed by atoms with Gasteiger partial charge in [-0.05, 0) is 31.0 Å². The molecule has 21 heavy (non-hydrogen) atoms. The first-order valence-electron chi connectivity index (χ1n) is 7.06. The zero-order valence-electron chi connectivity index (χ0n) is 12.2. The predicted molar refractivity (Wildman–Crippen MR) is 82.5 cm³/mol. The van der Waals surface area contributed by atoms with Crippen molar-refractivity contribution in [2.75, 3.05) is 0 Å². The van der Waals surface area contributed by atoms with E-state index >= 15 is 0 Å². The van der Waals surface area contributed by atoms with E-state index in [4.69, 9.17) is 17.4 Å². The first-order chi connectivity index (χ1) is 10.1. The second-order valence-electron chi connectivity index (χ2n) is 4.85. The summed E-state index contributed by atoms with van der Waals surface area (Å²) < 4.78 is 14.9. The standard InChI is InChI=1S/C15H20ClFN4/c1-3-12-15(16)14(21(4-2)20-12)9-13(19-18)10-5-7-11(17)8-6-10/h5-8,13,19H,3-4,9,18H2,1-2H3. The number of hydrogen-bond donors (Lipinski definition) is 2. The van der Waals surface area contributed by atoms with E-state index in [0.29, 0.717) is 11.4 Å². The molecule has 0 spiro atoms. The van der Waals surface area contributed by atoms with Crippen molar-refractivity contribution in [1.29, 1.82) is 0 Å². The Labute approximate surface area is 129 Å². The molecule has 6 heteroatoms.